The largest absolute Gasteiger partial charge is 0.490 e. The minimum Gasteiger partial charge on any atom is -0.490 e. The Bertz CT molecular complexity index is 1070. The number of amides is 2. The highest BCUT2D eigenvalue weighted by Crippen LogP contribution is 2.27. The summed E-state index contributed by atoms with van der Waals surface area (Å²) in [5, 5.41) is 0. The Morgan fingerprint density at radius 3 is 2.32 bits per heavy atom. The molecule has 0 saturated carbocycles. The average molecular weight is 526 g/mol. The summed E-state index contributed by atoms with van der Waals surface area (Å²) in [6.07, 6.45) is 8.33. The maximum absolute atomic E-state index is 14.7. The molecule has 2 saturated heterocycles. The standard InChI is InChI=1S/C29H40FN5O3/c1-3-29(30,4-2)20-34-14-11-21(12-15-34)19-38-25-17-32-27(33-18-25)22-7-9-23(10-8-22)28(37)35-13-5-6-24(35)16-26(31)36/h7-10,17-18,21,24H,3-6,11-16,19-20H2,1-2H3,(H2,31,36)/t24-/m0/s1. The van der Waals surface area contributed by atoms with Crippen molar-refractivity contribution in [3.05, 3.63) is 42.2 Å². The Labute approximate surface area is 224 Å². The van der Waals surface area contributed by atoms with Crippen LogP contribution in [0, 0.1) is 5.92 Å². The summed E-state index contributed by atoms with van der Waals surface area (Å²) in [4.78, 5) is 37.2. The molecule has 206 valence electrons. The highest BCUT2D eigenvalue weighted by Gasteiger charge is 2.31. The number of nitrogens with zero attached hydrogens (tertiary/aromatic N) is 4. The summed E-state index contributed by atoms with van der Waals surface area (Å²) in [6, 6.07) is 7.08. The predicted octanol–water partition coefficient (Wildman–Crippen LogP) is 4.24. The van der Waals surface area contributed by atoms with Crippen molar-refractivity contribution in [1.82, 2.24) is 19.8 Å². The number of hydrogen-bond acceptors (Lipinski definition) is 6. The van der Waals surface area contributed by atoms with Crippen LogP contribution in [0.2, 0.25) is 0 Å². The maximum atomic E-state index is 14.7. The molecule has 4 rings (SSSR count). The number of aromatic nitrogens is 2. The van der Waals surface area contributed by atoms with Crippen LogP contribution in [0.4, 0.5) is 4.39 Å². The van der Waals surface area contributed by atoms with Crippen molar-refractivity contribution in [1.29, 1.82) is 0 Å². The fraction of sp³-hybridized carbons (Fsp3) is 0.586. The number of benzene rings is 1. The van der Waals surface area contributed by atoms with Crippen LogP contribution in [0.5, 0.6) is 5.75 Å². The van der Waals surface area contributed by atoms with Crippen molar-refractivity contribution >= 4 is 11.8 Å². The molecule has 38 heavy (non-hydrogen) atoms. The highest BCUT2D eigenvalue weighted by atomic mass is 19.1. The number of ether oxygens (including phenoxy) is 1. The normalized spacial score (nSPS) is 19.0. The molecule has 2 amide bonds. The number of alkyl halides is 1. The molecule has 1 aromatic heterocycles. The number of rotatable bonds is 11. The summed E-state index contributed by atoms with van der Waals surface area (Å²) >= 11 is 0. The SMILES string of the molecule is CCC(F)(CC)CN1CCC(COc2cnc(-c3ccc(C(=O)N4CCC[C@H]4CC(N)=O)cc3)nc2)CC1. The van der Waals surface area contributed by atoms with Crippen molar-refractivity contribution in [3.8, 4) is 17.1 Å². The average Bonchev–Trinajstić information content (AvgIpc) is 3.40. The van der Waals surface area contributed by atoms with Crippen LogP contribution in [0.25, 0.3) is 11.4 Å². The first-order valence-electron chi connectivity index (χ1n) is 13.9. The van der Waals surface area contributed by atoms with E-state index in [1.165, 1.54) is 0 Å². The molecule has 2 aromatic rings. The van der Waals surface area contributed by atoms with Crippen LogP contribution >= 0.6 is 0 Å². The second-order valence-electron chi connectivity index (χ2n) is 10.7. The number of likely N-dealkylation sites (tertiary alicyclic amines) is 2. The van der Waals surface area contributed by atoms with E-state index in [0.29, 0.717) is 55.6 Å². The molecule has 1 aromatic carbocycles. The summed E-state index contributed by atoms with van der Waals surface area (Å²) in [6.45, 7) is 7.40. The van der Waals surface area contributed by atoms with E-state index in [2.05, 4.69) is 14.9 Å². The van der Waals surface area contributed by atoms with Gasteiger partial charge in [-0.2, -0.15) is 0 Å². The number of carbonyl (C=O) groups excluding carboxylic acids is 2. The molecule has 0 spiro atoms. The fourth-order valence-electron chi connectivity index (χ4n) is 5.41. The van der Waals surface area contributed by atoms with E-state index in [1.54, 1.807) is 29.4 Å². The van der Waals surface area contributed by atoms with Crippen molar-refractivity contribution < 1.29 is 18.7 Å². The topological polar surface area (TPSA) is 102 Å². The summed E-state index contributed by atoms with van der Waals surface area (Å²) in [5.41, 5.74) is 5.63. The second-order valence-corrected chi connectivity index (χ2v) is 10.7. The number of hydrogen-bond donors (Lipinski definition) is 1. The van der Waals surface area contributed by atoms with Crippen LogP contribution in [0.3, 0.4) is 0 Å². The minimum atomic E-state index is -1.08. The predicted molar refractivity (Wildman–Crippen MR) is 144 cm³/mol. The van der Waals surface area contributed by atoms with Gasteiger partial charge < -0.3 is 20.3 Å². The van der Waals surface area contributed by atoms with E-state index in [1.807, 2.05) is 26.0 Å². The minimum absolute atomic E-state index is 0.0875. The summed E-state index contributed by atoms with van der Waals surface area (Å²) in [7, 11) is 0. The van der Waals surface area contributed by atoms with E-state index in [9.17, 15) is 14.0 Å². The van der Waals surface area contributed by atoms with Crippen molar-refractivity contribution in [2.75, 3.05) is 32.8 Å². The zero-order chi connectivity index (χ0) is 27.1. The van der Waals surface area contributed by atoms with Gasteiger partial charge in [-0.3, -0.25) is 9.59 Å². The maximum Gasteiger partial charge on any atom is 0.254 e. The molecule has 0 aliphatic carbocycles. The van der Waals surface area contributed by atoms with Crippen molar-refractivity contribution in [3.63, 3.8) is 0 Å². The number of piperidine rings is 1. The zero-order valence-electron chi connectivity index (χ0n) is 22.6. The molecular weight excluding hydrogens is 485 g/mol. The molecule has 2 N–H and O–H groups in total. The molecule has 2 fully saturated rings. The molecule has 8 nitrogen and oxygen atoms in total. The lowest BCUT2D eigenvalue weighted by Gasteiger charge is -2.36. The first-order valence-corrected chi connectivity index (χ1v) is 13.9. The van der Waals surface area contributed by atoms with Gasteiger partial charge in [0.15, 0.2) is 11.6 Å². The van der Waals surface area contributed by atoms with E-state index in [-0.39, 0.29) is 24.3 Å². The molecule has 0 unspecified atom stereocenters. The monoisotopic (exact) mass is 525 g/mol. The van der Waals surface area contributed by atoms with Crippen LogP contribution in [-0.2, 0) is 4.79 Å². The third-order valence-electron chi connectivity index (χ3n) is 8.06. The first kappa shape index (κ1) is 28.0. The Kier molecular flexibility index (Phi) is 9.31. The van der Waals surface area contributed by atoms with Crippen molar-refractivity contribution in [2.45, 2.75) is 70.5 Å². The van der Waals surface area contributed by atoms with Gasteiger partial charge in [-0.05, 0) is 69.7 Å². The smallest absolute Gasteiger partial charge is 0.254 e. The van der Waals surface area contributed by atoms with E-state index < -0.39 is 5.67 Å². The zero-order valence-corrected chi connectivity index (χ0v) is 22.6. The Balaban J connectivity index is 1.26. The van der Waals surface area contributed by atoms with Crippen LogP contribution in [-0.4, -0.2) is 76.1 Å². The summed E-state index contributed by atoms with van der Waals surface area (Å²) in [5.74, 6) is 1.14. The number of primary amides is 1. The Morgan fingerprint density at radius 2 is 1.71 bits per heavy atom. The Hall–Kier alpha value is -3.07. The molecular formula is C29H40FN5O3. The lowest BCUT2D eigenvalue weighted by molar-refractivity contribution is -0.118. The second kappa shape index (κ2) is 12.7. The lowest BCUT2D eigenvalue weighted by Crippen LogP contribution is -2.44. The Morgan fingerprint density at radius 1 is 1.05 bits per heavy atom. The number of nitrogens with two attached hydrogens (primary N) is 1. The van der Waals surface area contributed by atoms with Gasteiger partial charge in [-0.25, -0.2) is 14.4 Å². The van der Waals surface area contributed by atoms with Gasteiger partial charge >= 0.3 is 0 Å². The van der Waals surface area contributed by atoms with Gasteiger partial charge in [0.1, 0.15) is 5.67 Å². The molecule has 1 atom stereocenters. The van der Waals surface area contributed by atoms with Gasteiger partial charge in [0, 0.05) is 36.7 Å². The third-order valence-corrected chi connectivity index (χ3v) is 8.06. The van der Waals surface area contributed by atoms with Crippen molar-refractivity contribution in [2.24, 2.45) is 11.7 Å². The van der Waals surface area contributed by atoms with Gasteiger partial charge in [0.05, 0.1) is 19.0 Å². The van der Waals surface area contributed by atoms with Gasteiger partial charge in [-0.1, -0.05) is 26.0 Å². The molecule has 0 bridgehead atoms. The fourth-order valence-corrected chi connectivity index (χ4v) is 5.41. The quantitative estimate of drug-likeness (QED) is 0.471. The lowest BCUT2D eigenvalue weighted by atomic mass is 9.94. The first-order chi connectivity index (χ1) is 18.3. The van der Waals surface area contributed by atoms with Crippen LogP contribution in [0.15, 0.2) is 36.7 Å². The molecule has 3 heterocycles. The van der Waals surface area contributed by atoms with E-state index in [0.717, 1.165) is 44.3 Å². The van der Waals surface area contributed by atoms with Crippen LogP contribution < -0.4 is 10.5 Å². The molecule has 2 aliphatic rings. The van der Waals surface area contributed by atoms with Crippen LogP contribution in [0.1, 0.15) is 69.2 Å². The molecule has 2 aliphatic heterocycles. The van der Waals surface area contributed by atoms with Gasteiger partial charge in [0.25, 0.3) is 5.91 Å². The van der Waals surface area contributed by atoms with Gasteiger partial charge in [-0.15, -0.1) is 0 Å². The van der Waals surface area contributed by atoms with Gasteiger partial charge in [0.2, 0.25) is 5.91 Å². The third kappa shape index (κ3) is 7.07. The highest BCUT2D eigenvalue weighted by molar-refractivity contribution is 5.95. The van der Waals surface area contributed by atoms with E-state index in [4.69, 9.17) is 10.5 Å². The number of halogens is 1. The number of carbonyl (C=O) groups is 2. The van der Waals surface area contributed by atoms with E-state index >= 15 is 0 Å². The molecule has 0 radical (unpaired) electrons. The summed E-state index contributed by atoms with van der Waals surface area (Å²) < 4.78 is 20.7. The molecule has 9 heteroatoms.